The van der Waals surface area contributed by atoms with Crippen LogP contribution in [0.1, 0.15) is 47.2 Å². The molecule has 0 spiro atoms. The van der Waals surface area contributed by atoms with Crippen molar-refractivity contribution in [2.24, 2.45) is 0 Å². The average molecular weight is 500 g/mol. The van der Waals surface area contributed by atoms with E-state index in [1.54, 1.807) is 6.92 Å². The standard InChI is InChI=1S/C25H29N3O4S2/c1-6-32-22-9-7-8-21-20(22)14-28(13-19-17(3)10-16(2)11-18(19)4)25(21,5)24(29)27-34(30,31)23-12-26-15-33-23/h7-12,15H,6,13-14H2,1-5H3,(H,27,29). The molecule has 7 nitrogen and oxygen atoms in total. The highest BCUT2D eigenvalue weighted by molar-refractivity contribution is 7.92. The van der Waals surface area contributed by atoms with Crippen LogP contribution >= 0.6 is 11.3 Å². The Labute approximate surface area is 204 Å². The topological polar surface area (TPSA) is 88.6 Å². The Bertz CT molecular complexity index is 1310. The van der Waals surface area contributed by atoms with Gasteiger partial charge >= 0.3 is 0 Å². The van der Waals surface area contributed by atoms with E-state index < -0.39 is 21.5 Å². The molecule has 180 valence electrons. The number of amides is 1. The molecule has 1 aliphatic heterocycles. The molecule has 0 bridgehead atoms. The molecule has 0 saturated heterocycles. The number of sulfonamides is 1. The largest absolute Gasteiger partial charge is 0.494 e. The van der Waals surface area contributed by atoms with Gasteiger partial charge in [0.1, 0.15) is 11.3 Å². The molecule has 1 aromatic heterocycles. The summed E-state index contributed by atoms with van der Waals surface area (Å²) in [5, 5.41) is 0. The van der Waals surface area contributed by atoms with Crippen molar-refractivity contribution in [3.05, 3.63) is 75.4 Å². The number of hydrogen-bond acceptors (Lipinski definition) is 7. The van der Waals surface area contributed by atoms with Crippen LogP contribution in [0, 0.1) is 20.8 Å². The monoisotopic (exact) mass is 499 g/mol. The second kappa shape index (κ2) is 9.13. The van der Waals surface area contributed by atoms with Gasteiger partial charge in [0.2, 0.25) is 0 Å². The van der Waals surface area contributed by atoms with Gasteiger partial charge in [-0.3, -0.25) is 14.7 Å². The van der Waals surface area contributed by atoms with E-state index in [-0.39, 0.29) is 4.21 Å². The predicted molar refractivity (Wildman–Crippen MR) is 132 cm³/mol. The molecule has 0 saturated carbocycles. The van der Waals surface area contributed by atoms with Crippen molar-refractivity contribution >= 4 is 27.3 Å². The summed E-state index contributed by atoms with van der Waals surface area (Å²) >= 11 is 0.969. The Morgan fingerprint density at radius 3 is 2.56 bits per heavy atom. The van der Waals surface area contributed by atoms with E-state index in [4.69, 9.17) is 4.74 Å². The molecular weight excluding hydrogens is 470 g/mol. The van der Waals surface area contributed by atoms with Crippen molar-refractivity contribution in [3.8, 4) is 5.75 Å². The molecule has 4 rings (SSSR count). The fourth-order valence-electron chi connectivity index (χ4n) is 4.73. The second-order valence-electron chi connectivity index (χ2n) is 8.78. The zero-order valence-corrected chi connectivity index (χ0v) is 21.6. The third-order valence-corrected chi connectivity index (χ3v) is 9.07. The maximum absolute atomic E-state index is 13.7. The number of nitrogens with one attached hydrogen (secondary N) is 1. The van der Waals surface area contributed by atoms with Crippen LogP contribution in [0.4, 0.5) is 0 Å². The lowest BCUT2D eigenvalue weighted by Gasteiger charge is -2.35. The first-order valence-corrected chi connectivity index (χ1v) is 13.5. The van der Waals surface area contributed by atoms with Crippen molar-refractivity contribution in [3.63, 3.8) is 0 Å². The first-order valence-electron chi connectivity index (χ1n) is 11.1. The number of benzene rings is 2. The zero-order chi connectivity index (χ0) is 24.7. The fraction of sp³-hybridized carbons (Fsp3) is 0.360. The minimum atomic E-state index is -4.03. The number of aromatic nitrogens is 1. The van der Waals surface area contributed by atoms with Crippen molar-refractivity contribution in [2.75, 3.05) is 6.61 Å². The molecule has 1 N–H and O–H groups in total. The van der Waals surface area contributed by atoms with E-state index >= 15 is 0 Å². The van der Waals surface area contributed by atoms with Gasteiger partial charge in [-0.1, -0.05) is 29.8 Å². The third-order valence-electron chi connectivity index (χ3n) is 6.47. The summed E-state index contributed by atoms with van der Waals surface area (Å²) in [5.74, 6) is 0.111. The number of thiazole rings is 1. The minimum Gasteiger partial charge on any atom is -0.494 e. The molecule has 1 amide bonds. The van der Waals surface area contributed by atoms with Crippen LogP contribution in [-0.4, -0.2) is 30.8 Å². The van der Waals surface area contributed by atoms with Crippen LogP contribution in [-0.2, 0) is 33.4 Å². The summed E-state index contributed by atoms with van der Waals surface area (Å²) in [4.78, 5) is 19.6. The summed E-state index contributed by atoms with van der Waals surface area (Å²) in [5.41, 5.74) is 6.44. The second-order valence-corrected chi connectivity index (χ2v) is 11.6. The van der Waals surface area contributed by atoms with Crippen molar-refractivity contribution in [2.45, 2.75) is 57.5 Å². The van der Waals surface area contributed by atoms with Gasteiger partial charge in [-0.2, -0.15) is 0 Å². The van der Waals surface area contributed by atoms with E-state index in [2.05, 4.69) is 42.6 Å². The van der Waals surface area contributed by atoms with Crippen molar-refractivity contribution in [1.29, 1.82) is 0 Å². The van der Waals surface area contributed by atoms with E-state index in [0.29, 0.717) is 25.4 Å². The highest BCUT2D eigenvalue weighted by Crippen LogP contribution is 2.44. The summed E-state index contributed by atoms with van der Waals surface area (Å²) in [6.45, 7) is 11.3. The maximum atomic E-state index is 13.7. The Balaban J connectivity index is 1.79. The van der Waals surface area contributed by atoms with Gasteiger partial charge in [0.05, 0.1) is 18.3 Å². The maximum Gasteiger partial charge on any atom is 0.275 e. The number of rotatable bonds is 7. The Morgan fingerprint density at radius 2 is 1.94 bits per heavy atom. The quantitative estimate of drug-likeness (QED) is 0.524. The number of nitrogens with zero attached hydrogens (tertiary/aromatic N) is 2. The van der Waals surface area contributed by atoms with Gasteiger partial charge in [0, 0.05) is 18.7 Å². The number of hydrogen-bond donors (Lipinski definition) is 1. The molecule has 2 aromatic carbocycles. The molecule has 1 atom stereocenters. The smallest absolute Gasteiger partial charge is 0.275 e. The first-order chi connectivity index (χ1) is 16.1. The zero-order valence-electron chi connectivity index (χ0n) is 20.0. The highest BCUT2D eigenvalue weighted by Gasteiger charge is 2.49. The Hall–Kier alpha value is -2.75. The van der Waals surface area contributed by atoms with Gasteiger partial charge in [0.25, 0.3) is 15.9 Å². The first kappa shape index (κ1) is 24.4. The summed E-state index contributed by atoms with van der Waals surface area (Å²) in [6.07, 6.45) is 1.25. The Morgan fingerprint density at radius 1 is 1.24 bits per heavy atom. The van der Waals surface area contributed by atoms with Crippen LogP contribution < -0.4 is 9.46 Å². The summed E-state index contributed by atoms with van der Waals surface area (Å²) in [6, 6.07) is 9.87. The molecule has 0 fully saturated rings. The van der Waals surface area contributed by atoms with E-state index in [1.165, 1.54) is 17.3 Å². The molecular formula is C25H29N3O4S2. The van der Waals surface area contributed by atoms with Crippen LogP contribution in [0.2, 0.25) is 0 Å². The molecule has 0 aliphatic carbocycles. The van der Waals surface area contributed by atoms with E-state index in [0.717, 1.165) is 39.2 Å². The molecule has 2 heterocycles. The number of carbonyl (C=O) groups excluding carboxylic acids is 1. The molecule has 34 heavy (non-hydrogen) atoms. The number of aryl methyl sites for hydroxylation is 3. The van der Waals surface area contributed by atoms with Gasteiger partial charge in [0.15, 0.2) is 4.21 Å². The number of ether oxygens (including phenoxy) is 1. The van der Waals surface area contributed by atoms with Crippen LogP contribution in [0.3, 0.4) is 0 Å². The molecule has 3 aromatic rings. The third kappa shape index (κ3) is 4.23. The lowest BCUT2D eigenvalue weighted by Crippen LogP contribution is -2.52. The SMILES string of the molecule is CCOc1cccc2c1CN(Cc1c(C)cc(C)cc1C)C2(C)C(=O)NS(=O)(=O)c1cncs1. The van der Waals surface area contributed by atoms with Crippen LogP contribution in [0.15, 0.2) is 46.2 Å². The Kier molecular flexibility index (Phi) is 6.54. The number of carbonyl (C=O) groups is 1. The van der Waals surface area contributed by atoms with Crippen molar-refractivity contribution < 1.29 is 17.9 Å². The summed E-state index contributed by atoms with van der Waals surface area (Å²) < 4.78 is 34.0. The highest BCUT2D eigenvalue weighted by atomic mass is 32.2. The predicted octanol–water partition coefficient (Wildman–Crippen LogP) is 4.20. The molecule has 9 heteroatoms. The lowest BCUT2D eigenvalue weighted by atomic mass is 9.89. The molecule has 1 unspecified atom stereocenters. The van der Waals surface area contributed by atoms with Crippen LogP contribution in [0.25, 0.3) is 0 Å². The van der Waals surface area contributed by atoms with Gasteiger partial charge in [-0.25, -0.2) is 13.1 Å². The molecule has 1 aliphatic rings. The van der Waals surface area contributed by atoms with Gasteiger partial charge in [-0.15, -0.1) is 11.3 Å². The normalized spacial score (nSPS) is 18.0. The van der Waals surface area contributed by atoms with Gasteiger partial charge in [-0.05, 0) is 62.9 Å². The minimum absolute atomic E-state index is 0.00232. The average Bonchev–Trinajstić information content (AvgIpc) is 3.40. The van der Waals surface area contributed by atoms with E-state index in [1.807, 2.05) is 30.0 Å². The van der Waals surface area contributed by atoms with Crippen LogP contribution in [0.5, 0.6) is 5.75 Å². The lowest BCUT2D eigenvalue weighted by molar-refractivity contribution is -0.131. The fourth-order valence-corrected chi connectivity index (χ4v) is 6.58. The number of fused-ring (bicyclic) bond motifs is 1. The summed E-state index contributed by atoms with van der Waals surface area (Å²) in [7, 11) is -4.03. The van der Waals surface area contributed by atoms with Gasteiger partial charge < -0.3 is 4.74 Å². The molecule has 0 radical (unpaired) electrons. The van der Waals surface area contributed by atoms with Crippen molar-refractivity contribution in [1.82, 2.24) is 14.6 Å². The van der Waals surface area contributed by atoms with E-state index in [9.17, 15) is 13.2 Å².